The largest absolute Gasteiger partial charge is 0.577 e. The minimum atomic E-state index is -0.884. The Morgan fingerprint density at radius 1 is 1.19 bits per heavy atom. The maximum Gasteiger partial charge on any atom is 0.386 e. The SMILES string of the molecule is CC(C)(O)Cn1cnc(C([OH2+])=NC(=N)C2(c3ccc(-c4cnc(N)nc4)cc3)CCC2)c1. The number of aliphatic imine (C=N–C) groups is 1. The zero-order valence-electron chi connectivity index (χ0n) is 18.2. The number of hydrogen-bond acceptors (Lipinski definition) is 6. The molecule has 2 heterocycles. The van der Waals surface area contributed by atoms with Crippen LogP contribution in [0.1, 0.15) is 44.4 Å². The Bertz CT molecular complexity index is 1140. The first-order chi connectivity index (χ1) is 15.2. The summed E-state index contributed by atoms with van der Waals surface area (Å²) in [7, 11) is 0. The Labute approximate surface area is 186 Å². The lowest BCUT2D eigenvalue weighted by Gasteiger charge is -2.41. The van der Waals surface area contributed by atoms with Crippen LogP contribution >= 0.6 is 0 Å². The number of benzene rings is 1. The summed E-state index contributed by atoms with van der Waals surface area (Å²) in [5, 5.41) is 27.0. The third kappa shape index (κ3) is 4.38. The van der Waals surface area contributed by atoms with Crippen molar-refractivity contribution in [1.29, 1.82) is 5.41 Å². The fourth-order valence-electron chi connectivity index (χ4n) is 3.95. The van der Waals surface area contributed by atoms with E-state index < -0.39 is 11.0 Å². The molecule has 0 bridgehead atoms. The average Bonchev–Trinajstić information content (AvgIpc) is 3.15. The molecule has 166 valence electrons. The Hall–Kier alpha value is -3.59. The number of rotatable bonds is 6. The summed E-state index contributed by atoms with van der Waals surface area (Å²) in [6.07, 6.45) is 9.27. The zero-order chi connectivity index (χ0) is 22.9. The summed E-state index contributed by atoms with van der Waals surface area (Å²) in [5.74, 6) is 0.363. The number of amidine groups is 1. The summed E-state index contributed by atoms with van der Waals surface area (Å²) >= 11 is 0. The van der Waals surface area contributed by atoms with Gasteiger partial charge in [0.25, 0.3) is 0 Å². The molecule has 1 fully saturated rings. The number of aromatic nitrogens is 4. The molecule has 9 heteroatoms. The van der Waals surface area contributed by atoms with Crippen molar-refractivity contribution in [1.82, 2.24) is 19.5 Å². The lowest BCUT2D eigenvalue weighted by molar-refractivity contribution is 0.0615. The number of nitrogens with two attached hydrogens (primary N) is 1. The van der Waals surface area contributed by atoms with Crippen LogP contribution in [0.4, 0.5) is 5.95 Å². The first kappa shape index (κ1) is 21.6. The van der Waals surface area contributed by atoms with Crippen molar-refractivity contribution in [3.63, 3.8) is 0 Å². The van der Waals surface area contributed by atoms with Crippen molar-refractivity contribution < 1.29 is 10.2 Å². The Morgan fingerprint density at radius 3 is 2.41 bits per heavy atom. The molecule has 0 saturated heterocycles. The van der Waals surface area contributed by atoms with Gasteiger partial charge in [0.05, 0.1) is 23.9 Å². The van der Waals surface area contributed by atoms with Crippen molar-refractivity contribution >= 4 is 17.7 Å². The highest BCUT2D eigenvalue weighted by Gasteiger charge is 2.43. The van der Waals surface area contributed by atoms with E-state index in [-0.39, 0.29) is 17.7 Å². The molecule has 0 amide bonds. The van der Waals surface area contributed by atoms with Crippen LogP contribution in [-0.2, 0) is 12.0 Å². The molecule has 1 aromatic carbocycles. The topological polar surface area (TPSA) is 149 Å². The van der Waals surface area contributed by atoms with E-state index in [1.807, 2.05) is 24.3 Å². The maximum atomic E-state index is 9.97. The van der Waals surface area contributed by atoms with Gasteiger partial charge in [-0.2, -0.15) is 0 Å². The van der Waals surface area contributed by atoms with Gasteiger partial charge in [-0.15, -0.1) is 4.99 Å². The molecule has 0 spiro atoms. The third-order valence-corrected chi connectivity index (χ3v) is 5.77. The number of imidazole rings is 1. The number of nitrogen functional groups attached to an aromatic ring is 1. The second kappa shape index (κ2) is 8.16. The Balaban J connectivity index is 1.54. The molecule has 0 aliphatic heterocycles. The predicted molar refractivity (Wildman–Crippen MR) is 124 cm³/mol. The molecule has 1 aliphatic carbocycles. The van der Waals surface area contributed by atoms with Crippen molar-refractivity contribution in [2.24, 2.45) is 4.99 Å². The van der Waals surface area contributed by atoms with Gasteiger partial charge >= 0.3 is 5.90 Å². The van der Waals surface area contributed by atoms with Crippen LogP contribution in [0.25, 0.3) is 11.1 Å². The number of aliphatic hydroxyl groups is 1. The standard InChI is InChI=1S/C23H27N7O2/c1-22(2,32)13-30-12-18(28-14-30)19(31)29-20(24)23(8-3-9-23)17-6-4-15(5-7-17)16-10-26-21(25)27-11-16/h4-7,10-12,14,32H,3,8-9,13H2,1-2H3,(H2,24,29,31)(H2,25,26,27)/p+1. The molecule has 0 atom stereocenters. The van der Waals surface area contributed by atoms with E-state index in [4.69, 9.17) is 16.2 Å². The number of anilines is 1. The first-order valence-electron chi connectivity index (χ1n) is 10.5. The first-order valence-corrected chi connectivity index (χ1v) is 10.5. The van der Waals surface area contributed by atoms with Crippen LogP contribution in [-0.4, -0.2) is 47.1 Å². The van der Waals surface area contributed by atoms with Gasteiger partial charge in [0.2, 0.25) is 5.95 Å². The van der Waals surface area contributed by atoms with Gasteiger partial charge in [-0.3, -0.25) is 5.41 Å². The maximum absolute atomic E-state index is 9.97. The van der Waals surface area contributed by atoms with E-state index in [0.29, 0.717) is 12.2 Å². The summed E-state index contributed by atoms with van der Waals surface area (Å²) < 4.78 is 1.72. The average molecular weight is 435 g/mol. The lowest BCUT2D eigenvalue weighted by atomic mass is 9.63. The Morgan fingerprint density at radius 2 is 1.84 bits per heavy atom. The minimum Gasteiger partial charge on any atom is -0.577 e. The molecule has 1 saturated carbocycles. The van der Waals surface area contributed by atoms with Gasteiger partial charge in [0.15, 0.2) is 5.69 Å². The highest BCUT2D eigenvalue weighted by atomic mass is 16.3. The highest BCUT2D eigenvalue weighted by molar-refractivity contribution is 6.04. The van der Waals surface area contributed by atoms with Gasteiger partial charge in [0, 0.05) is 24.2 Å². The predicted octanol–water partition coefficient (Wildman–Crippen LogP) is 2.26. The fourth-order valence-corrected chi connectivity index (χ4v) is 3.95. The van der Waals surface area contributed by atoms with Crippen molar-refractivity contribution in [2.75, 3.05) is 5.73 Å². The van der Waals surface area contributed by atoms with Gasteiger partial charge in [0.1, 0.15) is 5.84 Å². The molecule has 6 N–H and O–H groups in total. The van der Waals surface area contributed by atoms with Crippen LogP contribution in [0.2, 0.25) is 0 Å². The van der Waals surface area contributed by atoms with Crippen LogP contribution in [0.5, 0.6) is 0 Å². The summed E-state index contributed by atoms with van der Waals surface area (Å²) in [5.41, 5.74) is 7.43. The molecule has 1 aliphatic rings. The summed E-state index contributed by atoms with van der Waals surface area (Å²) in [6, 6.07) is 8.00. The molecule has 3 aromatic rings. The van der Waals surface area contributed by atoms with Gasteiger partial charge in [-0.1, -0.05) is 30.7 Å². The van der Waals surface area contributed by atoms with E-state index >= 15 is 0 Å². The highest BCUT2D eigenvalue weighted by Crippen LogP contribution is 2.45. The molecule has 0 radical (unpaired) electrons. The van der Waals surface area contributed by atoms with Crippen LogP contribution in [0, 0.1) is 5.41 Å². The van der Waals surface area contributed by atoms with E-state index in [0.717, 1.165) is 36.0 Å². The number of hydrogen-bond donors (Lipinski definition) is 3. The van der Waals surface area contributed by atoms with Crippen LogP contribution in [0.15, 0.2) is 54.2 Å². The Kier molecular flexibility index (Phi) is 5.52. The number of nitrogens with one attached hydrogen (secondary N) is 1. The lowest BCUT2D eigenvalue weighted by Crippen LogP contribution is -2.41. The van der Waals surface area contributed by atoms with Crippen molar-refractivity contribution in [3.05, 3.63) is 60.4 Å². The molecular weight excluding hydrogens is 406 g/mol. The molecule has 4 rings (SSSR count). The quantitative estimate of drug-likeness (QED) is 0.309. The molecule has 2 aromatic heterocycles. The minimum absolute atomic E-state index is 0.0496. The second-order valence-electron chi connectivity index (χ2n) is 8.90. The smallest absolute Gasteiger partial charge is 0.386 e. The normalized spacial score (nSPS) is 15.9. The van der Waals surface area contributed by atoms with E-state index in [9.17, 15) is 5.11 Å². The third-order valence-electron chi connectivity index (χ3n) is 5.77. The molecule has 0 unspecified atom stereocenters. The second-order valence-corrected chi connectivity index (χ2v) is 8.90. The van der Waals surface area contributed by atoms with E-state index in [1.54, 1.807) is 43.3 Å². The molecular formula is C23H28N7O2+. The molecule has 9 nitrogen and oxygen atoms in total. The monoisotopic (exact) mass is 434 g/mol. The van der Waals surface area contributed by atoms with Crippen molar-refractivity contribution in [2.45, 2.75) is 50.7 Å². The van der Waals surface area contributed by atoms with Crippen LogP contribution in [0.3, 0.4) is 0 Å². The zero-order valence-corrected chi connectivity index (χ0v) is 18.2. The molecule has 32 heavy (non-hydrogen) atoms. The van der Waals surface area contributed by atoms with Crippen molar-refractivity contribution in [3.8, 4) is 11.1 Å². The van der Waals surface area contributed by atoms with E-state index in [2.05, 4.69) is 19.9 Å². The fraction of sp³-hybridized carbons (Fsp3) is 0.348. The van der Waals surface area contributed by atoms with E-state index in [1.165, 1.54) is 0 Å². The van der Waals surface area contributed by atoms with Gasteiger partial charge < -0.3 is 20.5 Å². The van der Waals surface area contributed by atoms with Gasteiger partial charge in [-0.25, -0.2) is 15.0 Å². The summed E-state index contributed by atoms with van der Waals surface area (Å²) in [6.45, 7) is 3.79. The van der Waals surface area contributed by atoms with Gasteiger partial charge in [-0.05, 0) is 37.8 Å². The summed E-state index contributed by atoms with van der Waals surface area (Å²) in [4.78, 5) is 16.6. The van der Waals surface area contributed by atoms with Crippen LogP contribution < -0.4 is 5.73 Å². The number of nitrogens with zero attached hydrogens (tertiary/aromatic N) is 5.